The van der Waals surface area contributed by atoms with Gasteiger partial charge < -0.3 is 10.4 Å². The Morgan fingerprint density at radius 3 is 2.67 bits per heavy atom. The molecule has 4 heteroatoms. The van der Waals surface area contributed by atoms with Crippen LogP contribution in [-0.2, 0) is 4.79 Å². The summed E-state index contributed by atoms with van der Waals surface area (Å²) >= 11 is 0. The molecule has 3 unspecified atom stereocenters. The number of hydrogen-bond donors (Lipinski definition) is 2. The van der Waals surface area contributed by atoms with Crippen LogP contribution in [0.3, 0.4) is 0 Å². The lowest BCUT2D eigenvalue weighted by Gasteiger charge is -2.33. The minimum atomic E-state index is -0.679. The lowest BCUT2D eigenvalue weighted by molar-refractivity contribution is -0.137. The molecule has 1 rings (SSSR count). The largest absolute Gasteiger partial charge is 0.481 e. The molecule has 1 fully saturated rings. The van der Waals surface area contributed by atoms with Crippen LogP contribution in [0.4, 0.5) is 0 Å². The quantitative estimate of drug-likeness (QED) is 0.786. The van der Waals surface area contributed by atoms with Crippen LogP contribution in [-0.4, -0.2) is 23.7 Å². The van der Waals surface area contributed by atoms with Crippen molar-refractivity contribution in [3.8, 4) is 0 Å². The molecule has 0 aliphatic carbocycles. The molecule has 0 radical (unpaired) electrons. The second-order valence-corrected chi connectivity index (χ2v) is 4.62. The van der Waals surface area contributed by atoms with E-state index in [0.717, 1.165) is 25.3 Å². The van der Waals surface area contributed by atoms with Crippen LogP contribution in [0.2, 0.25) is 0 Å². The van der Waals surface area contributed by atoms with Gasteiger partial charge >= 0.3 is 5.97 Å². The van der Waals surface area contributed by atoms with Crippen LogP contribution in [0.1, 0.15) is 39.5 Å². The molecule has 1 heterocycles. The summed E-state index contributed by atoms with van der Waals surface area (Å²) in [5.41, 5.74) is 0. The summed E-state index contributed by atoms with van der Waals surface area (Å²) in [6.07, 6.45) is 3.37. The molecule has 0 saturated carbocycles. The fourth-order valence-electron chi connectivity index (χ4n) is 2.30. The number of halogens is 1. The highest BCUT2D eigenvalue weighted by atomic mass is 35.5. The van der Waals surface area contributed by atoms with Crippen molar-refractivity contribution in [1.29, 1.82) is 0 Å². The first kappa shape index (κ1) is 14.7. The Balaban J connectivity index is 0.00000196. The number of carboxylic acid groups (broad SMARTS) is 1. The van der Waals surface area contributed by atoms with Gasteiger partial charge in [0.25, 0.3) is 0 Å². The molecule has 3 nitrogen and oxygen atoms in total. The number of carboxylic acids is 1. The normalized spacial score (nSPS) is 30.7. The van der Waals surface area contributed by atoms with E-state index in [-0.39, 0.29) is 12.4 Å². The molecule has 3 atom stereocenters. The molecule has 1 aliphatic heterocycles. The highest BCUT2D eigenvalue weighted by molar-refractivity contribution is 5.85. The molecular formula is C11H22ClNO2. The van der Waals surface area contributed by atoms with E-state index >= 15 is 0 Å². The van der Waals surface area contributed by atoms with Crippen molar-refractivity contribution in [2.75, 3.05) is 6.54 Å². The molecule has 0 aromatic carbocycles. The van der Waals surface area contributed by atoms with Gasteiger partial charge in [-0.15, -0.1) is 12.4 Å². The molecule has 90 valence electrons. The maximum absolute atomic E-state index is 10.4. The van der Waals surface area contributed by atoms with Crippen molar-refractivity contribution in [1.82, 2.24) is 5.32 Å². The number of aliphatic carboxylic acids is 1. The second-order valence-electron chi connectivity index (χ2n) is 4.62. The van der Waals surface area contributed by atoms with Crippen LogP contribution < -0.4 is 5.32 Å². The first-order chi connectivity index (χ1) is 6.59. The lowest BCUT2D eigenvalue weighted by atomic mass is 9.84. The Labute approximate surface area is 98.0 Å². The zero-order chi connectivity index (χ0) is 10.6. The average molecular weight is 236 g/mol. The fourth-order valence-corrected chi connectivity index (χ4v) is 2.30. The minimum absolute atomic E-state index is 0. The Kier molecular flexibility index (Phi) is 6.94. The molecule has 2 N–H and O–H groups in total. The summed E-state index contributed by atoms with van der Waals surface area (Å²) in [5.74, 6) is 0.773. The maximum Gasteiger partial charge on any atom is 0.303 e. The Hall–Kier alpha value is -0.280. The van der Waals surface area contributed by atoms with Crippen molar-refractivity contribution in [3.05, 3.63) is 0 Å². The fraction of sp³-hybridized carbons (Fsp3) is 0.909. The van der Waals surface area contributed by atoms with E-state index in [2.05, 4.69) is 19.2 Å². The van der Waals surface area contributed by atoms with Gasteiger partial charge in [0.1, 0.15) is 0 Å². The number of rotatable bonds is 4. The van der Waals surface area contributed by atoms with Crippen molar-refractivity contribution < 1.29 is 9.90 Å². The van der Waals surface area contributed by atoms with E-state index in [1.165, 1.54) is 6.42 Å². The number of carbonyl (C=O) groups is 1. The SMILES string of the molecule is CC1CNC(CCCC(=O)O)C(C)C1.Cl. The predicted octanol–water partition coefficient (Wildman–Crippen LogP) is 2.30. The summed E-state index contributed by atoms with van der Waals surface area (Å²) < 4.78 is 0. The van der Waals surface area contributed by atoms with Gasteiger partial charge in [-0.1, -0.05) is 13.8 Å². The summed E-state index contributed by atoms with van der Waals surface area (Å²) in [7, 11) is 0. The zero-order valence-electron chi connectivity index (χ0n) is 9.53. The molecule has 1 saturated heterocycles. The minimum Gasteiger partial charge on any atom is -0.481 e. The molecule has 0 amide bonds. The van der Waals surface area contributed by atoms with E-state index in [9.17, 15) is 4.79 Å². The Bertz CT molecular complexity index is 199. The van der Waals surface area contributed by atoms with Gasteiger partial charge in [-0.05, 0) is 37.6 Å². The molecule has 0 aromatic heterocycles. The topological polar surface area (TPSA) is 49.3 Å². The maximum atomic E-state index is 10.4. The average Bonchev–Trinajstić information content (AvgIpc) is 2.08. The monoisotopic (exact) mass is 235 g/mol. The Morgan fingerprint density at radius 2 is 2.13 bits per heavy atom. The van der Waals surface area contributed by atoms with Crippen molar-refractivity contribution in [3.63, 3.8) is 0 Å². The van der Waals surface area contributed by atoms with E-state index in [4.69, 9.17) is 5.11 Å². The third-order valence-electron chi connectivity index (χ3n) is 3.10. The third-order valence-corrected chi connectivity index (χ3v) is 3.10. The van der Waals surface area contributed by atoms with Crippen LogP contribution in [0.25, 0.3) is 0 Å². The number of hydrogen-bond acceptors (Lipinski definition) is 2. The van der Waals surface area contributed by atoms with Crippen molar-refractivity contribution >= 4 is 18.4 Å². The molecule has 0 spiro atoms. The molecule has 1 aliphatic rings. The van der Waals surface area contributed by atoms with Gasteiger partial charge in [0.2, 0.25) is 0 Å². The summed E-state index contributed by atoms with van der Waals surface area (Å²) in [6, 6.07) is 0.533. The van der Waals surface area contributed by atoms with Crippen molar-refractivity contribution in [2.24, 2.45) is 11.8 Å². The van der Waals surface area contributed by atoms with Gasteiger partial charge in [-0.3, -0.25) is 4.79 Å². The van der Waals surface area contributed by atoms with Gasteiger partial charge in [0.15, 0.2) is 0 Å². The van der Waals surface area contributed by atoms with Gasteiger partial charge in [-0.25, -0.2) is 0 Å². The molecule has 0 bridgehead atoms. The van der Waals surface area contributed by atoms with E-state index < -0.39 is 5.97 Å². The zero-order valence-corrected chi connectivity index (χ0v) is 10.3. The van der Waals surface area contributed by atoms with E-state index in [1.807, 2.05) is 0 Å². The highest BCUT2D eigenvalue weighted by Crippen LogP contribution is 2.23. The summed E-state index contributed by atoms with van der Waals surface area (Å²) in [5, 5.41) is 12.0. The van der Waals surface area contributed by atoms with Crippen LogP contribution in [0, 0.1) is 11.8 Å². The lowest BCUT2D eigenvalue weighted by Crippen LogP contribution is -2.43. The van der Waals surface area contributed by atoms with Crippen LogP contribution in [0.15, 0.2) is 0 Å². The van der Waals surface area contributed by atoms with Gasteiger partial charge in [0.05, 0.1) is 0 Å². The first-order valence-electron chi connectivity index (χ1n) is 5.54. The number of piperidine rings is 1. The summed E-state index contributed by atoms with van der Waals surface area (Å²) in [4.78, 5) is 10.4. The highest BCUT2D eigenvalue weighted by Gasteiger charge is 2.24. The van der Waals surface area contributed by atoms with Crippen LogP contribution >= 0.6 is 12.4 Å². The molecule has 0 aromatic rings. The Morgan fingerprint density at radius 1 is 1.47 bits per heavy atom. The second kappa shape index (κ2) is 7.07. The predicted molar refractivity (Wildman–Crippen MR) is 63.5 cm³/mol. The van der Waals surface area contributed by atoms with Crippen LogP contribution in [0.5, 0.6) is 0 Å². The van der Waals surface area contributed by atoms with Gasteiger partial charge in [-0.2, -0.15) is 0 Å². The third kappa shape index (κ3) is 5.38. The standard InChI is InChI=1S/C11H21NO2.ClH/c1-8-6-9(2)10(12-7-8)4-3-5-11(13)14;/h8-10,12H,3-7H2,1-2H3,(H,13,14);1H. The number of nitrogens with one attached hydrogen (secondary N) is 1. The summed E-state index contributed by atoms with van der Waals surface area (Å²) in [6.45, 7) is 5.60. The molecular weight excluding hydrogens is 214 g/mol. The van der Waals surface area contributed by atoms with E-state index in [1.54, 1.807) is 0 Å². The van der Waals surface area contributed by atoms with Crippen molar-refractivity contribution in [2.45, 2.75) is 45.6 Å². The smallest absolute Gasteiger partial charge is 0.303 e. The first-order valence-corrected chi connectivity index (χ1v) is 5.54. The van der Waals surface area contributed by atoms with Gasteiger partial charge in [0, 0.05) is 12.5 Å². The molecule has 15 heavy (non-hydrogen) atoms. The van der Waals surface area contributed by atoms with E-state index in [0.29, 0.717) is 18.4 Å².